The molecule has 1 aliphatic rings. The molecule has 0 unspecified atom stereocenters. The molecule has 4 heteroatoms. The molecule has 0 saturated heterocycles. The van der Waals surface area contributed by atoms with Crippen LogP contribution in [0.15, 0.2) is 33.9 Å². The third-order valence-corrected chi connectivity index (χ3v) is 2.07. The Morgan fingerprint density at radius 1 is 1.60 bits per heavy atom. The summed E-state index contributed by atoms with van der Waals surface area (Å²) in [6.45, 7) is 4.61. The highest BCUT2D eigenvalue weighted by Gasteiger charge is 2.25. The molecule has 0 spiro atoms. The summed E-state index contributed by atoms with van der Waals surface area (Å²) < 4.78 is 10.5. The molecule has 0 amide bonds. The van der Waals surface area contributed by atoms with Gasteiger partial charge in [-0.05, 0) is 26.0 Å². The molecular weight excluding hydrogens is 192 g/mol. The normalized spacial score (nSPS) is 19.9. The molecular formula is C11H14N2O2. The van der Waals surface area contributed by atoms with Crippen molar-refractivity contribution in [2.75, 3.05) is 6.61 Å². The van der Waals surface area contributed by atoms with Crippen molar-refractivity contribution in [3.63, 3.8) is 0 Å². The Morgan fingerprint density at radius 3 is 2.93 bits per heavy atom. The average Bonchev–Trinajstić information content (AvgIpc) is 2.74. The molecule has 2 heterocycles. The summed E-state index contributed by atoms with van der Waals surface area (Å²) in [5, 5.41) is 0. The Balaban J connectivity index is 2.18. The molecule has 4 nitrogen and oxygen atoms in total. The number of furan rings is 1. The van der Waals surface area contributed by atoms with Crippen molar-refractivity contribution in [1.82, 2.24) is 0 Å². The molecule has 1 aliphatic heterocycles. The summed E-state index contributed by atoms with van der Waals surface area (Å²) in [6.07, 6.45) is 3.27. The average molecular weight is 206 g/mol. The second-order valence-electron chi connectivity index (χ2n) is 4.13. The van der Waals surface area contributed by atoms with Crippen LogP contribution in [0.3, 0.4) is 0 Å². The minimum absolute atomic E-state index is 0.157. The molecule has 0 fully saturated rings. The lowest BCUT2D eigenvalue weighted by molar-refractivity contribution is 0.280. The maximum absolute atomic E-state index is 5.81. The summed E-state index contributed by atoms with van der Waals surface area (Å²) in [7, 11) is 0. The fraction of sp³-hybridized carbons (Fsp3) is 0.364. The molecule has 0 radical (unpaired) electrons. The molecule has 15 heavy (non-hydrogen) atoms. The van der Waals surface area contributed by atoms with Gasteiger partial charge in [0.25, 0.3) is 0 Å². The van der Waals surface area contributed by atoms with E-state index >= 15 is 0 Å². The zero-order chi connectivity index (χ0) is 10.9. The summed E-state index contributed by atoms with van der Waals surface area (Å²) in [6, 6.07) is 3.59. The second kappa shape index (κ2) is 3.46. The van der Waals surface area contributed by atoms with E-state index in [4.69, 9.17) is 14.9 Å². The van der Waals surface area contributed by atoms with E-state index in [2.05, 4.69) is 4.99 Å². The van der Waals surface area contributed by atoms with Crippen molar-refractivity contribution in [1.29, 1.82) is 0 Å². The monoisotopic (exact) mass is 206 g/mol. The summed E-state index contributed by atoms with van der Waals surface area (Å²) in [5.41, 5.74) is 6.18. The topological polar surface area (TPSA) is 60.8 Å². The first-order valence-corrected chi connectivity index (χ1v) is 4.80. The van der Waals surface area contributed by atoms with Crippen LogP contribution in [0.5, 0.6) is 0 Å². The quantitative estimate of drug-likeness (QED) is 0.802. The van der Waals surface area contributed by atoms with E-state index in [-0.39, 0.29) is 5.54 Å². The van der Waals surface area contributed by atoms with Gasteiger partial charge < -0.3 is 14.9 Å². The number of rotatable bonds is 2. The Kier molecular flexibility index (Phi) is 2.26. The number of aliphatic imine (C=N–C) groups is 1. The lowest BCUT2D eigenvalue weighted by Crippen LogP contribution is -2.17. The van der Waals surface area contributed by atoms with Crippen LogP contribution >= 0.6 is 0 Å². The van der Waals surface area contributed by atoms with E-state index in [1.165, 1.54) is 0 Å². The van der Waals surface area contributed by atoms with Gasteiger partial charge >= 0.3 is 0 Å². The Bertz CT molecular complexity index is 402. The minimum atomic E-state index is -0.157. The zero-order valence-electron chi connectivity index (χ0n) is 8.86. The number of hydrogen-bond donors (Lipinski definition) is 1. The fourth-order valence-electron chi connectivity index (χ4n) is 1.33. The molecule has 0 aromatic carbocycles. The highest BCUT2D eigenvalue weighted by Crippen LogP contribution is 2.19. The van der Waals surface area contributed by atoms with Crippen LogP contribution in [0.1, 0.15) is 19.6 Å². The van der Waals surface area contributed by atoms with Gasteiger partial charge in [0.05, 0.1) is 17.5 Å². The highest BCUT2D eigenvalue weighted by atomic mass is 16.5. The molecule has 1 aromatic heterocycles. The van der Waals surface area contributed by atoms with Crippen LogP contribution in [0.25, 0.3) is 5.70 Å². The molecule has 2 rings (SSSR count). The smallest absolute Gasteiger partial charge is 0.211 e. The predicted molar refractivity (Wildman–Crippen MR) is 58.3 cm³/mol. The van der Waals surface area contributed by atoms with Crippen LogP contribution < -0.4 is 5.73 Å². The zero-order valence-corrected chi connectivity index (χ0v) is 8.86. The molecule has 2 N–H and O–H groups in total. The Labute approximate surface area is 88.4 Å². The van der Waals surface area contributed by atoms with Gasteiger partial charge in [-0.25, -0.2) is 4.99 Å². The van der Waals surface area contributed by atoms with Crippen LogP contribution in [0.4, 0.5) is 0 Å². The summed E-state index contributed by atoms with van der Waals surface area (Å²) >= 11 is 0. The third kappa shape index (κ3) is 2.21. The van der Waals surface area contributed by atoms with Gasteiger partial charge in [0.15, 0.2) is 0 Å². The van der Waals surface area contributed by atoms with E-state index in [0.717, 1.165) is 0 Å². The minimum Gasteiger partial charge on any atom is -0.475 e. The summed E-state index contributed by atoms with van der Waals surface area (Å²) in [5.74, 6) is 1.19. The van der Waals surface area contributed by atoms with Gasteiger partial charge in [0.1, 0.15) is 12.4 Å². The van der Waals surface area contributed by atoms with E-state index in [9.17, 15) is 0 Å². The molecule has 0 saturated carbocycles. The van der Waals surface area contributed by atoms with Gasteiger partial charge in [-0.1, -0.05) is 0 Å². The van der Waals surface area contributed by atoms with Gasteiger partial charge in [0.2, 0.25) is 5.90 Å². The first kappa shape index (κ1) is 9.83. The lowest BCUT2D eigenvalue weighted by Gasteiger charge is -2.07. The summed E-state index contributed by atoms with van der Waals surface area (Å²) in [4.78, 5) is 4.37. The lowest BCUT2D eigenvalue weighted by atomic mass is 10.1. The van der Waals surface area contributed by atoms with Crippen molar-refractivity contribution in [3.05, 3.63) is 30.2 Å². The van der Waals surface area contributed by atoms with Gasteiger partial charge in [0, 0.05) is 6.08 Å². The SMILES string of the molecule is CC1(C)COC(/C=C(\N)c2ccco2)=N1. The van der Waals surface area contributed by atoms with E-state index in [0.29, 0.717) is 24.0 Å². The Hall–Kier alpha value is -1.71. The van der Waals surface area contributed by atoms with Crippen LogP contribution in [-0.2, 0) is 4.74 Å². The van der Waals surface area contributed by atoms with Gasteiger partial charge in [-0.2, -0.15) is 0 Å². The standard InChI is InChI=1S/C11H14N2O2/c1-11(2)7-15-10(13-11)6-8(12)9-4-3-5-14-9/h3-6H,7,12H2,1-2H3/b8-6-. The first-order chi connectivity index (χ1) is 7.07. The maximum atomic E-state index is 5.81. The molecule has 0 atom stereocenters. The van der Waals surface area contributed by atoms with Crippen LogP contribution in [0.2, 0.25) is 0 Å². The Morgan fingerprint density at radius 2 is 2.40 bits per heavy atom. The van der Waals surface area contributed by atoms with Crippen molar-refractivity contribution in [3.8, 4) is 0 Å². The van der Waals surface area contributed by atoms with Gasteiger partial charge in [-0.3, -0.25) is 0 Å². The number of ether oxygens (including phenoxy) is 1. The molecule has 0 aliphatic carbocycles. The maximum Gasteiger partial charge on any atom is 0.211 e. The van der Waals surface area contributed by atoms with Crippen LogP contribution in [-0.4, -0.2) is 18.0 Å². The molecule has 1 aromatic rings. The van der Waals surface area contributed by atoms with E-state index in [1.54, 1.807) is 24.5 Å². The fourth-order valence-corrected chi connectivity index (χ4v) is 1.33. The predicted octanol–water partition coefficient (Wildman–Crippen LogP) is 1.79. The number of hydrogen-bond acceptors (Lipinski definition) is 4. The van der Waals surface area contributed by atoms with Gasteiger partial charge in [-0.15, -0.1) is 0 Å². The van der Waals surface area contributed by atoms with Crippen LogP contribution in [0, 0.1) is 0 Å². The van der Waals surface area contributed by atoms with E-state index < -0.39 is 0 Å². The largest absolute Gasteiger partial charge is 0.475 e. The third-order valence-electron chi connectivity index (χ3n) is 2.07. The van der Waals surface area contributed by atoms with Crippen molar-refractivity contribution in [2.24, 2.45) is 10.7 Å². The second-order valence-corrected chi connectivity index (χ2v) is 4.13. The number of nitrogens with two attached hydrogens (primary N) is 1. The highest BCUT2D eigenvalue weighted by molar-refractivity contribution is 5.95. The van der Waals surface area contributed by atoms with E-state index in [1.807, 2.05) is 13.8 Å². The van der Waals surface area contributed by atoms with Crippen molar-refractivity contribution in [2.45, 2.75) is 19.4 Å². The molecule has 0 bridgehead atoms. The van der Waals surface area contributed by atoms with Crippen molar-refractivity contribution >= 4 is 11.6 Å². The van der Waals surface area contributed by atoms with Crippen molar-refractivity contribution < 1.29 is 9.15 Å². The molecule has 80 valence electrons. The number of nitrogens with zero attached hydrogens (tertiary/aromatic N) is 1. The first-order valence-electron chi connectivity index (χ1n) is 4.80.